The van der Waals surface area contributed by atoms with Crippen molar-refractivity contribution in [1.82, 2.24) is 10.1 Å². The number of carbonyl (C=O) groups excluding carboxylic acids is 1. The van der Waals surface area contributed by atoms with Crippen LogP contribution in [-0.4, -0.2) is 22.7 Å². The molecule has 2 N–H and O–H groups in total. The number of rotatable bonds is 5. The van der Waals surface area contributed by atoms with Crippen LogP contribution in [0.25, 0.3) is 22.8 Å². The van der Waals surface area contributed by atoms with Crippen LogP contribution in [-0.2, 0) is 4.79 Å². The molecule has 0 radical (unpaired) electrons. The first-order valence-corrected chi connectivity index (χ1v) is 7.12. The summed E-state index contributed by atoms with van der Waals surface area (Å²) in [5.74, 6) is 0.498. The molecule has 1 aromatic heterocycles. The molecule has 0 aliphatic heterocycles. The Morgan fingerprint density at radius 1 is 1.13 bits per heavy atom. The average Bonchev–Trinajstić information content (AvgIpc) is 3.03. The van der Waals surface area contributed by atoms with Gasteiger partial charge in [-0.05, 0) is 24.3 Å². The third kappa shape index (κ3) is 3.32. The fourth-order valence-electron chi connectivity index (χ4n) is 2.00. The number of hydrogen-bond donors (Lipinski definition) is 1. The summed E-state index contributed by atoms with van der Waals surface area (Å²) in [7, 11) is 0. The normalized spacial score (nSPS) is 10.5. The van der Waals surface area contributed by atoms with Crippen LogP contribution >= 0.6 is 11.6 Å². The maximum atomic E-state index is 10.9. The van der Waals surface area contributed by atoms with Crippen molar-refractivity contribution < 1.29 is 14.1 Å². The van der Waals surface area contributed by atoms with E-state index in [1.807, 2.05) is 12.1 Å². The zero-order valence-corrected chi connectivity index (χ0v) is 12.7. The van der Waals surface area contributed by atoms with Crippen molar-refractivity contribution in [3.63, 3.8) is 0 Å². The van der Waals surface area contributed by atoms with Crippen molar-refractivity contribution in [2.24, 2.45) is 5.73 Å². The predicted molar refractivity (Wildman–Crippen MR) is 84.9 cm³/mol. The van der Waals surface area contributed by atoms with Crippen molar-refractivity contribution in [3.8, 4) is 28.6 Å². The van der Waals surface area contributed by atoms with Crippen LogP contribution in [0, 0.1) is 0 Å². The maximum Gasteiger partial charge on any atom is 0.262 e. The van der Waals surface area contributed by atoms with Gasteiger partial charge in [-0.15, -0.1) is 0 Å². The number of benzene rings is 2. The fraction of sp³-hybridized carbons (Fsp3) is 0.0625. The van der Waals surface area contributed by atoms with Crippen LogP contribution in [0.2, 0.25) is 5.02 Å². The van der Waals surface area contributed by atoms with E-state index in [1.54, 1.807) is 36.4 Å². The van der Waals surface area contributed by atoms with E-state index in [0.717, 1.165) is 0 Å². The van der Waals surface area contributed by atoms with Gasteiger partial charge in [-0.1, -0.05) is 41.0 Å². The van der Waals surface area contributed by atoms with Gasteiger partial charge in [-0.3, -0.25) is 4.79 Å². The van der Waals surface area contributed by atoms with E-state index >= 15 is 0 Å². The molecule has 0 aliphatic carbocycles. The summed E-state index contributed by atoms with van der Waals surface area (Å²) in [4.78, 5) is 15.2. The highest BCUT2D eigenvalue weighted by Gasteiger charge is 2.16. The van der Waals surface area contributed by atoms with Gasteiger partial charge in [0.15, 0.2) is 6.61 Å². The number of nitrogens with zero attached hydrogens (tertiary/aromatic N) is 2. The van der Waals surface area contributed by atoms with E-state index in [4.69, 9.17) is 26.6 Å². The molecule has 0 aliphatic rings. The van der Waals surface area contributed by atoms with Gasteiger partial charge in [0.2, 0.25) is 5.82 Å². The number of ether oxygens (including phenoxy) is 1. The molecule has 0 atom stereocenters. The molecule has 0 saturated heterocycles. The number of hydrogen-bond acceptors (Lipinski definition) is 5. The Morgan fingerprint density at radius 3 is 2.57 bits per heavy atom. The van der Waals surface area contributed by atoms with Gasteiger partial charge >= 0.3 is 0 Å². The van der Waals surface area contributed by atoms with Crippen LogP contribution in [0.1, 0.15) is 0 Å². The van der Waals surface area contributed by atoms with Crippen LogP contribution in [0.5, 0.6) is 5.75 Å². The molecule has 1 amide bonds. The highest BCUT2D eigenvalue weighted by atomic mass is 35.5. The lowest BCUT2D eigenvalue weighted by Crippen LogP contribution is -2.20. The van der Waals surface area contributed by atoms with Crippen molar-refractivity contribution in [2.45, 2.75) is 0 Å². The van der Waals surface area contributed by atoms with Crippen LogP contribution in [0.15, 0.2) is 53.1 Å². The number of nitrogens with two attached hydrogens (primary N) is 1. The maximum absolute atomic E-state index is 10.9. The highest BCUT2D eigenvalue weighted by molar-refractivity contribution is 6.33. The Morgan fingerprint density at radius 2 is 1.83 bits per heavy atom. The molecule has 0 bridgehead atoms. The molecule has 2 aromatic carbocycles. The first kappa shape index (κ1) is 15.1. The minimum absolute atomic E-state index is 0.234. The number of halogens is 1. The largest absolute Gasteiger partial charge is 0.483 e. The molecule has 3 aromatic rings. The molecule has 0 spiro atoms. The van der Waals surface area contributed by atoms with E-state index in [1.165, 1.54) is 0 Å². The lowest BCUT2D eigenvalue weighted by molar-refractivity contribution is -0.119. The average molecular weight is 330 g/mol. The van der Waals surface area contributed by atoms with Crippen molar-refractivity contribution in [1.29, 1.82) is 0 Å². The second kappa shape index (κ2) is 6.50. The first-order valence-electron chi connectivity index (χ1n) is 6.74. The van der Waals surface area contributed by atoms with Gasteiger partial charge < -0.3 is 15.0 Å². The van der Waals surface area contributed by atoms with Gasteiger partial charge in [0.05, 0.1) is 10.6 Å². The Balaban J connectivity index is 1.95. The van der Waals surface area contributed by atoms with Crippen LogP contribution in [0.3, 0.4) is 0 Å². The summed E-state index contributed by atoms with van der Waals surface area (Å²) in [5.41, 5.74) is 6.33. The van der Waals surface area contributed by atoms with Crippen molar-refractivity contribution in [3.05, 3.63) is 53.6 Å². The number of para-hydroxylation sites is 1. The first-order chi connectivity index (χ1) is 11.1. The van der Waals surface area contributed by atoms with Gasteiger partial charge in [0.25, 0.3) is 11.8 Å². The standard InChI is InChI=1S/C16H12ClN3O3/c17-12-7-3-1-5-10(12)15-19-16(23-20-15)11-6-2-4-8-13(11)22-9-14(18)21/h1-8H,9H2,(H2,18,21). The Bertz CT molecular complexity index is 848. The smallest absolute Gasteiger partial charge is 0.262 e. The lowest BCUT2D eigenvalue weighted by atomic mass is 10.2. The highest BCUT2D eigenvalue weighted by Crippen LogP contribution is 2.31. The minimum atomic E-state index is -0.568. The predicted octanol–water partition coefficient (Wildman–Crippen LogP) is 2.92. The molecule has 6 nitrogen and oxygen atoms in total. The molecule has 0 unspecified atom stereocenters. The number of primary amides is 1. The van der Waals surface area contributed by atoms with E-state index in [-0.39, 0.29) is 12.5 Å². The molecule has 0 saturated carbocycles. The third-order valence-corrected chi connectivity index (χ3v) is 3.36. The van der Waals surface area contributed by atoms with Crippen LogP contribution < -0.4 is 10.5 Å². The number of carbonyl (C=O) groups is 1. The van der Waals surface area contributed by atoms with E-state index in [0.29, 0.717) is 27.7 Å². The molecule has 23 heavy (non-hydrogen) atoms. The van der Waals surface area contributed by atoms with Gasteiger partial charge in [-0.25, -0.2) is 0 Å². The lowest BCUT2D eigenvalue weighted by Gasteiger charge is -2.06. The summed E-state index contributed by atoms with van der Waals surface area (Å²) in [6.45, 7) is -0.234. The molecular weight excluding hydrogens is 318 g/mol. The summed E-state index contributed by atoms with van der Waals surface area (Å²) < 4.78 is 10.7. The second-order valence-electron chi connectivity index (χ2n) is 4.65. The zero-order chi connectivity index (χ0) is 16.2. The second-order valence-corrected chi connectivity index (χ2v) is 5.06. The Kier molecular flexibility index (Phi) is 4.25. The summed E-state index contributed by atoms with van der Waals surface area (Å²) in [5, 5.41) is 4.47. The molecular formula is C16H12ClN3O3. The number of aromatic nitrogens is 2. The topological polar surface area (TPSA) is 91.2 Å². The summed E-state index contributed by atoms with van der Waals surface area (Å²) in [6, 6.07) is 14.2. The Labute approximate surface area is 136 Å². The SMILES string of the molecule is NC(=O)COc1ccccc1-c1nc(-c2ccccc2Cl)no1. The summed E-state index contributed by atoms with van der Waals surface area (Å²) in [6.07, 6.45) is 0. The molecule has 7 heteroatoms. The fourth-order valence-corrected chi connectivity index (χ4v) is 2.22. The van der Waals surface area contributed by atoms with E-state index in [9.17, 15) is 4.79 Å². The quantitative estimate of drug-likeness (QED) is 0.777. The minimum Gasteiger partial charge on any atom is -0.483 e. The molecule has 3 rings (SSSR count). The van der Waals surface area contributed by atoms with E-state index < -0.39 is 5.91 Å². The zero-order valence-electron chi connectivity index (χ0n) is 11.9. The van der Waals surface area contributed by atoms with Crippen molar-refractivity contribution >= 4 is 17.5 Å². The number of amides is 1. The molecule has 116 valence electrons. The molecule has 1 heterocycles. The third-order valence-electron chi connectivity index (χ3n) is 3.03. The Hall–Kier alpha value is -2.86. The summed E-state index contributed by atoms with van der Waals surface area (Å²) >= 11 is 6.13. The van der Waals surface area contributed by atoms with Crippen molar-refractivity contribution in [2.75, 3.05) is 6.61 Å². The van der Waals surface area contributed by atoms with Crippen LogP contribution in [0.4, 0.5) is 0 Å². The van der Waals surface area contributed by atoms with Gasteiger partial charge in [0, 0.05) is 5.56 Å². The monoisotopic (exact) mass is 329 g/mol. The van der Waals surface area contributed by atoms with Gasteiger partial charge in [0.1, 0.15) is 5.75 Å². The van der Waals surface area contributed by atoms with Gasteiger partial charge in [-0.2, -0.15) is 4.98 Å². The molecule has 0 fully saturated rings. The van der Waals surface area contributed by atoms with E-state index in [2.05, 4.69) is 10.1 Å².